The Kier molecular flexibility index (Phi) is 4.12. The summed E-state index contributed by atoms with van der Waals surface area (Å²) in [5, 5.41) is 21.5. The third-order valence-corrected chi connectivity index (χ3v) is 4.20. The summed E-state index contributed by atoms with van der Waals surface area (Å²) in [5.41, 5.74) is 3.91. The van der Waals surface area contributed by atoms with Gasteiger partial charge in [0.05, 0.1) is 18.1 Å². The Labute approximate surface area is 138 Å². The number of hydrogen-bond acceptors (Lipinski definition) is 7. The first-order valence-electron chi connectivity index (χ1n) is 7.75. The van der Waals surface area contributed by atoms with Crippen molar-refractivity contribution in [3.05, 3.63) is 22.6 Å². The zero-order chi connectivity index (χ0) is 17.6. The minimum atomic E-state index is -1.59. The van der Waals surface area contributed by atoms with Gasteiger partial charge in [-0.3, -0.25) is 9.78 Å². The number of rotatable bonds is 4. The standard InChI is InChI=1S/C15H22N4O5/c1-7(2)23-6-9-10(20)15(3,22)13(24-9)19-5-4-8-11(19)17-14(16)18-12(8)21/h4-5,7,9-10,13,20,22H,6H2,1-3H3,(H3,16,17,18,21)/t9-,10-,13-,15-/m1/s1. The van der Waals surface area contributed by atoms with Gasteiger partial charge in [-0.15, -0.1) is 0 Å². The van der Waals surface area contributed by atoms with Crippen LogP contribution in [0.2, 0.25) is 0 Å². The van der Waals surface area contributed by atoms with Crippen LogP contribution in [0.15, 0.2) is 17.1 Å². The van der Waals surface area contributed by atoms with Crippen LogP contribution in [-0.4, -0.2) is 55.3 Å². The van der Waals surface area contributed by atoms with Crippen LogP contribution < -0.4 is 11.3 Å². The van der Waals surface area contributed by atoms with E-state index in [0.29, 0.717) is 5.39 Å². The van der Waals surface area contributed by atoms with E-state index in [1.54, 1.807) is 12.3 Å². The number of anilines is 1. The molecule has 9 nitrogen and oxygen atoms in total. The molecule has 0 aromatic carbocycles. The first kappa shape index (κ1) is 16.9. The Bertz CT molecular complexity index is 797. The van der Waals surface area contributed by atoms with Crippen molar-refractivity contribution < 1.29 is 19.7 Å². The Balaban J connectivity index is 1.98. The van der Waals surface area contributed by atoms with Gasteiger partial charge in [0.15, 0.2) is 11.9 Å². The number of aromatic amines is 1. The van der Waals surface area contributed by atoms with Crippen LogP contribution in [0.4, 0.5) is 5.95 Å². The van der Waals surface area contributed by atoms with E-state index in [-0.39, 0.29) is 29.9 Å². The van der Waals surface area contributed by atoms with Gasteiger partial charge in [0.2, 0.25) is 5.95 Å². The van der Waals surface area contributed by atoms with E-state index in [2.05, 4.69) is 9.97 Å². The van der Waals surface area contributed by atoms with Gasteiger partial charge >= 0.3 is 0 Å². The second-order valence-electron chi connectivity index (χ2n) is 6.49. The molecular weight excluding hydrogens is 316 g/mol. The Hall–Kier alpha value is -1.94. The van der Waals surface area contributed by atoms with Gasteiger partial charge in [-0.25, -0.2) is 0 Å². The van der Waals surface area contributed by atoms with E-state index in [0.717, 1.165) is 0 Å². The highest BCUT2D eigenvalue weighted by atomic mass is 16.6. The van der Waals surface area contributed by atoms with Crippen molar-refractivity contribution in [2.24, 2.45) is 0 Å². The van der Waals surface area contributed by atoms with Gasteiger partial charge < -0.3 is 30.0 Å². The van der Waals surface area contributed by atoms with E-state index in [9.17, 15) is 15.0 Å². The fourth-order valence-electron chi connectivity index (χ4n) is 2.91. The first-order chi connectivity index (χ1) is 11.2. The van der Waals surface area contributed by atoms with Gasteiger partial charge in [-0.1, -0.05) is 0 Å². The maximum atomic E-state index is 11.9. The molecule has 0 unspecified atom stereocenters. The number of aliphatic hydroxyl groups is 2. The summed E-state index contributed by atoms with van der Waals surface area (Å²) in [6, 6.07) is 1.56. The molecule has 132 valence electrons. The Morgan fingerprint density at radius 1 is 1.58 bits per heavy atom. The lowest BCUT2D eigenvalue weighted by Gasteiger charge is -2.27. The van der Waals surface area contributed by atoms with Crippen molar-refractivity contribution in [1.82, 2.24) is 14.5 Å². The normalized spacial score (nSPS) is 30.5. The largest absolute Gasteiger partial charge is 0.387 e. The monoisotopic (exact) mass is 338 g/mol. The number of ether oxygens (including phenoxy) is 2. The summed E-state index contributed by atoms with van der Waals surface area (Å²) < 4.78 is 12.8. The molecule has 2 aromatic rings. The molecular formula is C15H22N4O5. The summed E-state index contributed by atoms with van der Waals surface area (Å²) in [5.74, 6) is -0.0367. The number of aromatic nitrogens is 3. The minimum Gasteiger partial charge on any atom is -0.387 e. The second-order valence-corrected chi connectivity index (χ2v) is 6.49. The van der Waals surface area contributed by atoms with E-state index in [1.807, 2.05) is 13.8 Å². The molecule has 3 rings (SSSR count). The van der Waals surface area contributed by atoms with Crippen LogP contribution in [0.25, 0.3) is 11.0 Å². The minimum absolute atomic E-state index is 0.0303. The molecule has 2 aromatic heterocycles. The fraction of sp³-hybridized carbons (Fsp3) is 0.600. The van der Waals surface area contributed by atoms with Gasteiger partial charge in [0.25, 0.3) is 5.56 Å². The summed E-state index contributed by atoms with van der Waals surface area (Å²) >= 11 is 0. The quantitative estimate of drug-likeness (QED) is 0.603. The third kappa shape index (κ3) is 2.69. The second kappa shape index (κ2) is 5.85. The number of nitrogens with two attached hydrogens (primary N) is 1. The first-order valence-corrected chi connectivity index (χ1v) is 7.75. The number of fused-ring (bicyclic) bond motifs is 1. The molecule has 5 N–H and O–H groups in total. The molecule has 0 spiro atoms. The molecule has 0 bridgehead atoms. The lowest BCUT2D eigenvalue weighted by atomic mass is 9.96. The molecule has 0 amide bonds. The average molecular weight is 338 g/mol. The van der Waals surface area contributed by atoms with Crippen LogP contribution >= 0.6 is 0 Å². The number of nitrogens with one attached hydrogen (secondary N) is 1. The lowest BCUT2D eigenvalue weighted by Crippen LogP contribution is -2.44. The Morgan fingerprint density at radius 2 is 2.29 bits per heavy atom. The molecule has 4 atom stereocenters. The molecule has 1 aliphatic rings. The van der Waals surface area contributed by atoms with Gasteiger partial charge in [0, 0.05) is 6.20 Å². The maximum Gasteiger partial charge on any atom is 0.261 e. The molecule has 3 heterocycles. The summed E-state index contributed by atoms with van der Waals surface area (Å²) in [6.45, 7) is 5.35. The SMILES string of the molecule is CC(C)OC[C@H]1O[C@@H](n2ccc3c(=O)[nH]c(N)nc32)[C@](C)(O)[C@@H]1O. The summed E-state index contributed by atoms with van der Waals surface area (Å²) in [7, 11) is 0. The summed E-state index contributed by atoms with van der Waals surface area (Å²) in [6.07, 6.45) is -1.25. The third-order valence-electron chi connectivity index (χ3n) is 4.20. The number of aliphatic hydroxyl groups excluding tert-OH is 1. The van der Waals surface area contributed by atoms with Crippen molar-refractivity contribution in [2.45, 2.75) is 50.9 Å². The van der Waals surface area contributed by atoms with Gasteiger partial charge in [-0.2, -0.15) is 4.98 Å². The number of H-pyrrole nitrogens is 1. The van der Waals surface area contributed by atoms with E-state index < -0.39 is 24.0 Å². The lowest BCUT2D eigenvalue weighted by molar-refractivity contribution is -0.0975. The molecule has 1 fully saturated rings. The van der Waals surface area contributed by atoms with E-state index >= 15 is 0 Å². The van der Waals surface area contributed by atoms with Gasteiger partial charge in [-0.05, 0) is 26.8 Å². The molecule has 1 saturated heterocycles. The van der Waals surface area contributed by atoms with Crippen LogP contribution in [0.5, 0.6) is 0 Å². The predicted octanol–water partition coefficient (Wildman–Crippen LogP) is -0.259. The highest BCUT2D eigenvalue weighted by Gasteiger charge is 2.53. The molecule has 1 aliphatic heterocycles. The van der Waals surface area contributed by atoms with E-state index in [4.69, 9.17) is 15.2 Å². The van der Waals surface area contributed by atoms with Crippen molar-refractivity contribution in [3.63, 3.8) is 0 Å². The van der Waals surface area contributed by atoms with Crippen molar-refractivity contribution in [1.29, 1.82) is 0 Å². The van der Waals surface area contributed by atoms with Crippen LogP contribution in [0.3, 0.4) is 0 Å². The molecule has 0 radical (unpaired) electrons. The predicted molar refractivity (Wildman–Crippen MR) is 86.4 cm³/mol. The number of nitrogens with zero attached hydrogens (tertiary/aromatic N) is 2. The fourth-order valence-corrected chi connectivity index (χ4v) is 2.91. The summed E-state index contributed by atoms with van der Waals surface area (Å²) in [4.78, 5) is 18.5. The highest BCUT2D eigenvalue weighted by Crippen LogP contribution is 2.39. The number of nitrogen functional groups attached to an aromatic ring is 1. The molecule has 24 heavy (non-hydrogen) atoms. The Morgan fingerprint density at radius 3 is 2.96 bits per heavy atom. The van der Waals surface area contributed by atoms with Gasteiger partial charge in [0.1, 0.15) is 17.8 Å². The van der Waals surface area contributed by atoms with Crippen molar-refractivity contribution in [3.8, 4) is 0 Å². The highest BCUT2D eigenvalue weighted by molar-refractivity contribution is 5.76. The molecule has 9 heteroatoms. The topological polar surface area (TPSA) is 136 Å². The zero-order valence-electron chi connectivity index (χ0n) is 13.8. The van der Waals surface area contributed by atoms with Crippen LogP contribution in [0.1, 0.15) is 27.0 Å². The van der Waals surface area contributed by atoms with Crippen molar-refractivity contribution in [2.75, 3.05) is 12.3 Å². The molecule has 0 aliphatic carbocycles. The smallest absolute Gasteiger partial charge is 0.261 e. The molecule has 0 saturated carbocycles. The van der Waals surface area contributed by atoms with Crippen LogP contribution in [-0.2, 0) is 9.47 Å². The number of hydrogen-bond donors (Lipinski definition) is 4. The maximum absolute atomic E-state index is 11.9. The zero-order valence-corrected chi connectivity index (χ0v) is 13.8. The van der Waals surface area contributed by atoms with E-state index in [1.165, 1.54) is 11.5 Å². The van der Waals surface area contributed by atoms with Crippen molar-refractivity contribution >= 4 is 17.0 Å². The van der Waals surface area contributed by atoms with Crippen LogP contribution in [0, 0.1) is 0 Å². The average Bonchev–Trinajstić information content (AvgIpc) is 2.98.